The van der Waals surface area contributed by atoms with Crippen LogP contribution in [-0.2, 0) is 0 Å². The molecule has 0 spiro atoms. The van der Waals surface area contributed by atoms with Gasteiger partial charge in [0.25, 0.3) is 5.91 Å². The molecule has 7 nitrogen and oxygen atoms in total. The van der Waals surface area contributed by atoms with E-state index in [0.29, 0.717) is 29.3 Å². The Morgan fingerprint density at radius 2 is 2.04 bits per heavy atom. The van der Waals surface area contributed by atoms with E-state index in [2.05, 4.69) is 9.97 Å². The van der Waals surface area contributed by atoms with Crippen LogP contribution in [0.4, 0.5) is 5.95 Å². The van der Waals surface area contributed by atoms with Gasteiger partial charge in [0.15, 0.2) is 0 Å². The zero-order valence-corrected chi connectivity index (χ0v) is 15.0. The Kier molecular flexibility index (Phi) is 5.93. The number of phenolic OH excluding ortho intramolecular Hbond substituents is 1. The quantitative estimate of drug-likeness (QED) is 0.830. The number of aromatic nitrogens is 2. The monoisotopic (exact) mass is 344 g/mol. The van der Waals surface area contributed by atoms with Crippen LogP contribution < -0.4 is 4.90 Å². The van der Waals surface area contributed by atoms with E-state index in [1.165, 1.54) is 23.2 Å². The normalized spacial score (nSPS) is 11.9. The topological polar surface area (TPSA) is 89.8 Å². The van der Waals surface area contributed by atoms with Gasteiger partial charge in [-0.15, -0.1) is 0 Å². The van der Waals surface area contributed by atoms with Gasteiger partial charge >= 0.3 is 0 Å². The third kappa shape index (κ3) is 4.45. The van der Waals surface area contributed by atoms with Crippen molar-refractivity contribution in [3.8, 4) is 5.75 Å². The minimum Gasteiger partial charge on any atom is -0.508 e. The summed E-state index contributed by atoms with van der Waals surface area (Å²) in [4.78, 5) is 24.6. The molecule has 0 aliphatic rings. The molecule has 1 aromatic heterocycles. The molecule has 0 aliphatic carbocycles. The van der Waals surface area contributed by atoms with E-state index in [1.807, 2.05) is 21.0 Å². The average Bonchev–Trinajstić information content (AvgIpc) is 2.58. The molecule has 134 valence electrons. The lowest BCUT2D eigenvalue weighted by Crippen LogP contribution is -2.35. The van der Waals surface area contributed by atoms with Gasteiger partial charge in [-0.2, -0.15) is 0 Å². The molecule has 0 saturated carbocycles. The van der Waals surface area contributed by atoms with E-state index in [-0.39, 0.29) is 18.2 Å². The van der Waals surface area contributed by atoms with Crippen molar-refractivity contribution >= 4 is 11.9 Å². The van der Waals surface area contributed by atoms with E-state index in [1.54, 1.807) is 24.0 Å². The Morgan fingerprint density at radius 3 is 2.60 bits per heavy atom. The molecule has 0 bridgehead atoms. The second-order valence-corrected chi connectivity index (χ2v) is 6.02. The molecular weight excluding hydrogens is 320 g/mol. The van der Waals surface area contributed by atoms with Crippen LogP contribution in [0.5, 0.6) is 5.75 Å². The van der Waals surface area contributed by atoms with Crippen molar-refractivity contribution in [2.24, 2.45) is 0 Å². The molecule has 2 aromatic rings. The van der Waals surface area contributed by atoms with Crippen LogP contribution in [0.25, 0.3) is 0 Å². The minimum absolute atomic E-state index is 0.0782. The maximum absolute atomic E-state index is 12.8. The number of benzene rings is 1. The summed E-state index contributed by atoms with van der Waals surface area (Å²) in [7, 11) is 3.67. The number of aromatic hydroxyl groups is 1. The number of aliphatic hydroxyl groups is 1. The largest absolute Gasteiger partial charge is 0.508 e. The molecule has 1 atom stereocenters. The predicted octanol–water partition coefficient (Wildman–Crippen LogP) is 1.75. The number of rotatable bonds is 6. The van der Waals surface area contributed by atoms with Gasteiger partial charge in [0.2, 0.25) is 5.95 Å². The molecule has 2 rings (SSSR count). The van der Waals surface area contributed by atoms with Gasteiger partial charge < -0.3 is 20.0 Å². The number of carbonyl (C=O) groups is 1. The summed E-state index contributed by atoms with van der Waals surface area (Å²) in [6.45, 7) is 4.16. The van der Waals surface area contributed by atoms with E-state index in [9.17, 15) is 15.0 Å². The highest BCUT2D eigenvalue weighted by Crippen LogP contribution is 2.20. The number of aliphatic hydroxyl groups excluding tert-OH is 1. The molecule has 0 unspecified atom stereocenters. The Hall–Kier alpha value is -2.67. The molecule has 0 radical (unpaired) electrons. The predicted molar refractivity (Wildman–Crippen MR) is 95.7 cm³/mol. The number of hydrogen-bond donors (Lipinski definition) is 2. The fourth-order valence-corrected chi connectivity index (χ4v) is 2.45. The van der Waals surface area contributed by atoms with Crippen molar-refractivity contribution in [2.75, 3.05) is 32.1 Å². The molecule has 0 saturated heterocycles. The summed E-state index contributed by atoms with van der Waals surface area (Å²) < 4.78 is 0. The maximum Gasteiger partial charge on any atom is 0.257 e. The van der Waals surface area contributed by atoms with Gasteiger partial charge in [-0.05, 0) is 31.5 Å². The van der Waals surface area contributed by atoms with E-state index in [4.69, 9.17) is 0 Å². The van der Waals surface area contributed by atoms with Crippen molar-refractivity contribution in [3.63, 3.8) is 0 Å². The molecule has 1 heterocycles. The number of amides is 1. The third-order valence-electron chi connectivity index (χ3n) is 3.91. The van der Waals surface area contributed by atoms with Crippen LogP contribution in [0.2, 0.25) is 0 Å². The lowest BCUT2D eigenvalue weighted by molar-refractivity contribution is 0.0633. The Bertz CT molecular complexity index is 749. The number of hydrogen-bond acceptors (Lipinski definition) is 6. The zero-order valence-electron chi connectivity index (χ0n) is 15.0. The molecule has 2 N–H and O–H groups in total. The molecule has 0 fully saturated rings. The van der Waals surface area contributed by atoms with E-state index < -0.39 is 6.10 Å². The fourth-order valence-electron chi connectivity index (χ4n) is 2.45. The number of carbonyl (C=O) groups excluding carboxylic acids is 1. The highest BCUT2D eigenvalue weighted by atomic mass is 16.3. The number of nitrogens with zero attached hydrogens (tertiary/aromatic N) is 4. The van der Waals surface area contributed by atoms with Crippen molar-refractivity contribution in [1.29, 1.82) is 0 Å². The summed E-state index contributed by atoms with van der Waals surface area (Å²) in [5, 5.41) is 19.9. The van der Waals surface area contributed by atoms with Crippen LogP contribution >= 0.6 is 0 Å². The van der Waals surface area contributed by atoms with Crippen molar-refractivity contribution in [2.45, 2.75) is 20.0 Å². The number of likely N-dealkylation sites (N-methyl/N-ethyl adjacent to an activating group) is 1. The second-order valence-electron chi connectivity index (χ2n) is 6.02. The second kappa shape index (κ2) is 7.94. The average molecular weight is 344 g/mol. The van der Waals surface area contributed by atoms with E-state index in [0.717, 1.165) is 0 Å². The van der Waals surface area contributed by atoms with Gasteiger partial charge in [0, 0.05) is 26.8 Å². The standard InChI is InChI=1S/C18H24N4O3/c1-5-22(11-16(24)13-7-6-8-14(23)9-13)17(25)15-10-19-18(21(3)4)20-12(15)2/h6-10,16,23-24H,5,11H2,1-4H3/t16-/m1/s1. The first-order valence-electron chi connectivity index (χ1n) is 8.10. The Morgan fingerprint density at radius 1 is 1.32 bits per heavy atom. The first kappa shape index (κ1) is 18.7. The number of phenols is 1. The van der Waals surface area contributed by atoms with Crippen LogP contribution in [-0.4, -0.2) is 58.2 Å². The van der Waals surface area contributed by atoms with Crippen LogP contribution in [0.1, 0.15) is 34.6 Å². The van der Waals surface area contributed by atoms with Crippen molar-refractivity contribution in [3.05, 3.63) is 47.3 Å². The summed E-state index contributed by atoms with van der Waals surface area (Å²) in [6.07, 6.45) is 0.627. The highest BCUT2D eigenvalue weighted by molar-refractivity contribution is 5.95. The van der Waals surface area contributed by atoms with Crippen LogP contribution in [0.15, 0.2) is 30.5 Å². The van der Waals surface area contributed by atoms with Crippen LogP contribution in [0.3, 0.4) is 0 Å². The smallest absolute Gasteiger partial charge is 0.257 e. The van der Waals surface area contributed by atoms with Crippen molar-refractivity contribution in [1.82, 2.24) is 14.9 Å². The molecule has 1 amide bonds. The molecule has 7 heteroatoms. The van der Waals surface area contributed by atoms with Gasteiger partial charge in [-0.1, -0.05) is 12.1 Å². The zero-order chi connectivity index (χ0) is 18.6. The van der Waals surface area contributed by atoms with Gasteiger partial charge in [0.1, 0.15) is 5.75 Å². The first-order valence-corrected chi connectivity index (χ1v) is 8.10. The molecular formula is C18H24N4O3. The summed E-state index contributed by atoms with van der Waals surface area (Å²) in [5.74, 6) is 0.385. The molecule has 0 aliphatic heterocycles. The van der Waals surface area contributed by atoms with Crippen LogP contribution in [0, 0.1) is 6.92 Å². The van der Waals surface area contributed by atoms with Gasteiger partial charge in [0.05, 0.1) is 23.9 Å². The first-order chi connectivity index (χ1) is 11.8. The summed E-state index contributed by atoms with van der Waals surface area (Å²) in [6, 6.07) is 6.39. The Labute approximate surface area is 147 Å². The highest BCUT2D eigenvalue weighted by Gasteiger charge is 2.21. The third-order valence-corrected chi connectivity index (χ3v) is 3.91. The van der Waals surface area contributed by atoms with Gasteiger partial charge in [-0.25, -0.2) is 9.97 Å². The molecule has 1 aromatic carbocycles. The summed E-state index contributed by atoms with van der Waals surface area (Å²) >= 11 is 0. The maximum atomic E-state index is 12.8. The fraction of sp³-hybridized carbons (Fsp3) is 0.389. The van der Waals surface area contributed by atoms with Gasteiger partial charge in [-0.3, -0.25) is 4.79 Å². The Balaban J connectivity index is 2.18. The van der Waals surface area contributed by atoms with Crippen molar-refractivity contribution < 1.29 is 15.0 Å². The number of anilines is 1. The SMILES string of the molecule is CCN(C[C@@H](O)c1cccc(O)c1)C(=O)c1cnc(N(C)C)nc1C. The lowest BCUT2D eigenvalue weighted by Gasteiger charge is -2.25. The minimum atomic E-state index is -0.890. The van der Waals surface area contributed by atoms with E-state index >= 15 is 0 Å². The summed E-state index contributed by atoms with van der Waals surface area (Å²) in [5.41, 5.74) is 1.56. The lowest BCUT2D eigenvalue weighted by atomic mass is 10.1. The number of aryl methyl sites for hydroxylation is 1. The molecule has 25 heavy (non-hydrogen) atoms.